The third-order valence-corrected chi connectivity index (χ3v) is 4.94. The van der Waals surface area contributed by atoms with Gasteiger partial charge in [-0.1, -0.05) is 54.6 Å². The van der Waals surface area contributed by atoms with Crippen molar-refractivity contribution in [2.45, 2.75) is 12.6 Å². The van der Waals surface area contributed by atoms with Gasteiger partial charge in [0.1, 0.15) is 0 Å². The summed E-state index contributed by atoms with van der Waals surface area (Å²) in [6.45, 7) is 1.74. The molecule has 0 bridgehead atoms. The fourth-order valence-electron chi connectivity index (χ4n) is 3.46. The Morgan fingerprint density at radius 3 is 2.14 bits per heavy atom. The Hall–Kier alpha value is -3.37. The molecule has 1 saturated heterocycles. The number of aromatic nitrogens is 1. The molecule has 3 aromatic carbocycles. The van der Waals surface area contributed by atoms with Crippen LogP contribution in [0.5, 0.6) is 0 Å². The number of hydrogen-bond acceptors (Lipinski definition) is 3. The van der Waals surface area contributed by atoms with E-state index in [0.29, 0.717) is 6.10 Å². The third kappa shape index (κ3) is 3.42. The zero-order valence-electron chi connectivity index (χ0n) is 15.5. The second-order valence-corrected chi connectivity index (χ2v) is 6.94. The highest BCUT2D eigenvalue weighted by molar-refractivity contribution is 5.99. The highest BCUT2D eigenvalue weighted by Crippen LogP contribution is 2.27. The molecule has 4 heteroatoms. The largest absolute Gasteiger partial charge is 0.371 e. The summed E-state index contributed by atoms with van der Waals surface area (Å²) in [5.74, 6) is 0. The van der Waals surface area contributed by atoms with Crippen LogP contribution in [0.15, 0.2) is 96.2 Å². The average molecular weight is 367 g/mol. The molecule has 4 nitrogen and oxygen atoms in total. The smallest absolute Gasteiger partial charge is 0.0988 e. The van der Waals surface area contributed by atoms with Gasteiger partial charge in [-0.05, 0) is 30.3 Å². The second-order valence-electron chi connectivity index (χ2n) is 6.94. The first-order valence-electron chi connectivity index (χ1n) is 9.52. The van der Waals surface area contributed by atoms with Gasteiger partial charge in [0, 0.05) is 22.7 Å². The maximum atomic E-state index is 5.42. The van der Waals surface area contributed by atoms with E-state index in [2.05, 4.69) is 59.3 Å². The van der Waals surface area contributed by atoms with E-state index in [4.69, 9.17) is 9.84 Å². The van der Waals surface area contributed by atoms with Crippen LogP contribution in [0.2, 0.25) is 0 Å². The van der Waals surface area contributed by atoms with Crippen LogP contribution < -0.4 is 5.01 Å². The molecule has 138 valence electrons. The molecule has 0 N–H and O–H groups in total. The lowest BCUT2D eigenvalue weighted by atomic mass is 10.2. The Balaban J connectivity index is 1.54. The van der Waals surface area contributed by atoms with Crippen molar-refractivity contribution in [2.24, 2.45) is 5.10 Å². The fraction of sp³-hybridized carbons (Fsp3) is 0.125. The summed E-state index contributed by atoms with van der Waals surface area (Å²) in [7, 11) is 0. The maximum Gasteiger partial charge on any atom is 0.0988 e. The Morgan fingerprint density at radius 1 is 0.893 bits per heavy atom. The van der Waals surface area contributed by atoms with Crippen LogP contribution in [0.1, 0.15) is 5.56 Å². The van der Waals surface area contributed by atoms with E-state index in [0.717, 1.165) is 30.1 Å². The Labute approximate surface area is 164 Å². The van der Waals surface area contributed by atoms with Gasteiger partial charge in [-0.25, -0.2) is 5.01 Å². The van der Waals surface area contributed by atoms with E-state index in [1.165, 1.54) is 10.9 Å². The van der Waals surface area contributed by atoms with Gasteiger partial charge in [0.25, 0.3) is 0 Å². The molecule has 1 aliphatic rings. The molecule has 0 aliphatic carbocycles. The van der Waals surface area contributed by atoms with Crippen molar-refractivity contribution in [1.29, 1.82) is 0 Å². The van der Waals surface area contributed by atoms with E-state index in [9.17, 15) is 0 Å². The van der Waals surface area contributed by atoms with E-state index < -0.39 is 0 Å². The van der Waals surface area contributed by atoms with Crippen molar-refractivity contribution in [2.75, 3.05) is 11.6 Å². The zero-order chi connectivity index (χ0) is 18.8. The molecule has 1 aromatic heterocycles. The Kier molecular flexibility index (Phi) is 4.39. The topological polar surface area (TPSA) is 33.1 Å². The number of para-hydroxylation sites is 3. The van der Waals surface area contributed by atoms with Gasteiger partial charge >= 0.3 is 0 Å². The molecule has 0 saturated carbocycles. The summed E-state index contributed by atoms with van der Waals surface area (Å²) in [6.07, 6.45) is 4.46. The molecule has 0 amide bonds. The van der Waals surface area contributed by atoms with Gasteiger partial charge in [-0.2, -0.15) is 5.10 Å². The molecule has 2 heterocycles. The monoisotopic (exact) mass is 367 g/mol. The lowest BCUT2D eigenvalue weighted by Gasteiger charge is -2.19. The van der Waals surface area contributed by atoms with Gasteiger partial charge in [0.15, 0.2) is 0 Å². The van der Waals surface area contributed by atoms with Gasteiger partial charge < -0.3 is 9.30 Å². The summed E-state index contributed by atoms with van der Waals surface area (Å²) in [6, 6.07) is 28.9. The summed E-state index contributed by atoms with van der Waals surface area (Å²) >= 11 is 0. The highest BCUT2D eigenvalue weighted by atomic mass is 16.6. The van der Waals surface area contributed by atoms with Crippen LogP contribution in [-0.2, 0) is 11.3 Å². The molecule has 1 aliphatic heterocycles. The van der Waals surface area contributed by atoms with Crippen LogP contribution in [-0.4, -0.2) is 23.5 Å². The summed E-state index contributed by atoms with van der Waals surface area (Å²) < 4.78 is 7.69. The minimum absolute atomic E-state index is 0.339. The van der Waals surface area contributed by atoms with Crippen molar-refractivity contribution in [3.05, 3.63) is 96.7 Å². The van der Waals surface area contributed by atoms with Crippen LogP contribution in [0.25, 0.3) is 10.9 Å². The maximum absolute atomic E-state index is 5.42. The molecule has 1 unspecified atom stereocenters. The number of nitrogens with zero attached hydrogens (tertiary/aromatic N) is 3. The van der Waals surface area contributed by atoms with Gasteiger partial charge in [0.05, 0.1) is 36.8 Å². The standard InChI is InChI=1S/C24H21N3O/c1-3-9-20(10-4-1)27(21-11-5-2-6-12-21)25-15-19-16-26(17-22-18-28-22)24-14-8-7-13-23(19)24/h1-16,22H,17-18H2. The molecule has 1 atom stereocenters. The quantitative estimate of drug-likeness (QED) is 0.266. The molecule has 1 fully saturated rings. The van der Waals surface area contributed by atoms with Crippen LogP contribution in [0.3, 0.4) is 0 Å². The minimum Gasteiger partial charge on any atom is -0.371 e. The van der Waals surface area contributed by atoms with E-state index in [1.807, 2.05) is 47.6 Å². The molecular formula is C24H21N3O. The van der Waals surface area contributed by atoms with Gasteiger partial charge in [-0.3, -0.25) is 0 Å². The van der Waals surface area contributed by atoms with Crippen molar-refractivity contribution >= 4 is 28.5 Å². The van der Waals surface area contributed by atoms with E-state index in [-0.39, 0.29) is 0 Å². The number of benzene rings is 3. The van der Waals surface area contributed by atoms with Crippen LogP contribution in [0, 0.1) is 0 Å². The number of anilines is 2. The van der Waals surface area contributed by atoms with Crippen molar-refractivity contribution in [3.63, 3.8) is 0 Å². The van der Waals surface area contributed by atoms with E-state index >= 15 is 0 Å². The van der Waals surface area contributed by atoms with Gasteiger partial charge in [-0.15, -0.1) is 0 Å². The molecular weight excluding hydrogens is 346 g/mol. The minimum atomic E-state index is 0.339. The van der Waals surface area contributed by atoms with Gasteiger partial charge in [0.2, 0.25) is 0 Å². The number of hydrazone groups is 1. The molecule has 0 radical (unpaired) electrons. The number of hydrogen-bond donors (Lipinski definition) is 0. The highest BCUT2D eigenvalue weighted by Gasteiger charge is 2.23. The number of rotatable bonds is 6. The van der Waals surface area contributed by atoms with Crippen LogP contribution in [0.4, 0.5) is 11.4 Å². The molecule has 28 heavy (non-hydrogen) atoms. The molecule has 0 spiro atoms. The first-order valence-corrected chi connectivity index (χ1v) is 9.52. The summed E-state index contributed by atoms with van der Waals surface area (Å²) in [4.78, 5) is 0. The molecule has 5 rings (SSSR count). The molecule has 4 aromatic rings. The van der Waals surface area contributed by atoms with E-state index in [1.54, 1.807) is 0 Å². The Morgan fingerprint density at radius 2 is 1.50 bits per heavy atom. The third-order valence-electron chi connectivity index (χ3n) is 4.94. The number of fused-ring (bicyclic) bond motifs is 1. The Bertz CT molecular complexity index is 1060. The predicted molar refractivity (Wildman–Crippen MR) is 114 cm³/mol. The zero-order valence-corrected chi connectivity index (χ0v) is 15.5. The second kappa shape index (κ2) is 7.33. The lowest BCUT2D eigenvalue weighted by Crippen LogP contribution is -2.09. The van der Waals surface area contributed by atoms with Crippen molar-refractivity contribution in [3.8, 4) is 0 Å². The predicted octanol–water partition coefficient (Wildman–Crippen LogP) is 5.21. The SMILES string of the molecule is C(=NN(c1ccccc1)c1ccccc1)c1cn(CC2CO2)c2ccccc12. The first kappa shape index (κ1) is 16.8. The summed E-state index contributed by atoms with van der Waals surface area (Å²) in [5, 5.41) is 8.03. The average Bonchev–Trinajstić information content (AvgIpc) is 3.51. The fourth-order valence-corrected chi connectivity index (χ4v) is 3.46. The lowest BCUT2D eigenvalue weighted by molar-refractivity contribution is 0.385. The van der Waals surface area contributed by atoms with Crippen molar-refractivity contribution < 1.29 is 4.74 Å². The summed E-state index contributed by atoms with van der Waals surface area (Å²) in [5.41, 5.74) is 4.37. The van der Waals surface area contributed by atoms with Crippen LogP contribution >= 0.6 is 0 Å². The number of ether oxygens (including phenoxy) is 1. The first-order chi connectivity index (χ1) is 13.9. The van der Waals surface area contributed by atoms with Crippen molar-refractivity contribution in [1.82, 2.24) is 4.57 Å². The number of epoxide rings is 1. The normalized spacial score (nSPS) is 15.9.